The second-order valence-electron chi connectivity index (χ2n) is 1.69. The summed E-state index contributed by atoms with van der Waals surface area (Å²) >= 11 is 0. The van der Waals surface area contributed by atoms with Crippen molar-refractivity contribution in [3.63, 3.8) is 0 Å². The van der Waals surface area contributed by atoms with Gasteiger partial charge >= 0.3 is 0 Å². The Labute approximate surface area is 56.2 Å². The van der Waals surface area contributed by atoms with Crippen LogP contribution in [0.4, 0.5) is 0 Å². The molecule has 0 aromatic carbocycles. The van der Waals surface area contributed by atoms with Crippen LogP contribution in [0, 0.1) is 10.1 Å². The van der Waals surface area contributed by atoms with E-state index in [0.717, 1.165) is 6.20 Å². The molecule has 0 unspecified atom stereocenters. The molecule has 0 atom stereocenters. The molecular weight excluding hydrogens is 136 g/mol. The van der Waals surface area contributed by atoms with Gasteiger partial charge in [0.05, 0.1) is 4.92 Å². The van der Waals surface area contributed by atoms with Gasteiger partial charge in [0.25, 0.3) is 6.20 Å². The van der Waals surface area contributed by atoms with Gasteiger partial charge in [0, 0.05) is 6.08 Å². The van der Waals surface area contributed by atoms with Crippen LogP contribution in [0.3, 0.4) is 0 Å². The number of carbonyl (C=O) groups excluding carboxylic acids is 1. The van der Waals surface area contributed by atoms with Crippen molar-refractivity contribution in [1.82, 2.24) is 5.32 Å². The monoisotopic (exact) mass is 140 g/mol. The molecule has 10 heavy (non-hydrogen) atoms. The summed E-state index contributed by atoms with van der Waals surface area (Å²) in [6, 6.07) is 0. The molecule has 0 aliphatic carbocycles. The number of nitro groups is 1. The molecule has 0 bridgehead atoms. The number of allylic oxidation sites excluding steroid dienone is 1. The predicted molar refractivity (Wildman–Crippen MR) is 32.4 cm³/mol. The highest BCUT2D eigenvalue weighted by Crippen LogP contribution is 1.98. The van der Waals surface area contributed by atoms with Crippen LogP contribution >= 0.6 is 0 Å². The van der Waals surface area contributed by atoms with Gasteiger partial charge in [0.15, 0.2) is 0 Å². The number of amides is 1. The first-order valence-electron chi connectivity index (χ1n) is 2.53. The molecular formula is C5H4N2O3. The normalized spacial score (nSPS) is 19.6. The smallest absolute Gasteiger partial charge is 0.257 e. The second-order valence-corrected chi connectivity index (χ2v) is 1.69. The van der Waals surface area contributed by atoms with E-state index in [-0.39, 0.29) is 11.6 Å². The molecule has 0 aromatic heterocycles. The van der Waals surface area contributed by atoms with Crippen molar-refractivity contribution in [2.75, 3.05) is 0 Å². The highest BCUT2D eigenvalue weighted by Gasteiger charge is 2.08. The van der Waals surface area contributed by atoms with Crippen LogP contribution in [0.5, 0.6) is 0 Å². The average molecular weight is 140 g/mol. The number of nitrogens with zero attached hydrogens (tertiary/aromatic N) is 1. The fourth-order valence-electron chi connectivity index (χ4n) is 0.580. The zero-order valence-electron chi connectivity index (χ0n) is 4.90. The Kier molecular flexibility index (Phi) is 1.49. The van der Waals surface area contributed by atoms with Crippen molar-refractivity contribution < 1.29 is 9.72 Å². The van der Waals surface area contributed by atoms with E-state index in [1.807, 2.05) is 0 Å². The van der Waals surface area contributed by atoms with E-state index in [2.05, 4.69) is 5.32 Å². The Hall–Kier alpha value is -1.65. The first-order valence-corrected chi connectivity index (χ1v) is 2.53. The van der Waals surface area contributed by atoms with Gasteiger partial charge in [0.1, 0.15) is 5.70 Å². The third-order valence-electron chi connectivity index (χ3n) is 0.926. The molecule has 0 fully saturated rings. The number of hydrogen-bond donors (Lipinski definition) is 1. The van der Waals surface area contributed by atoms with Crippen LogP contribution in [0.2, 0.25) is 0 Å². The summed E-state index contributed by atoms with van der Waals surface area (Å²) in [6.45, 7) is 0. The van der Waals surface area contributed by atoms with E-state index < -0.39 is 4.92 Å². The van der Waals surface area contributed by atoms with E-state index in [1.54, 1.807) is 0 Å². The maximum atomic E-state index is 10.4. The first kappa shape index (κ1) is 6.47. The van der Waals surface area contributed by atoms with E-state index >= 15 is 0 Å². The maximum Gasteiger partial charge on any atom is 0.257 e. The molecule has 5 nitrogen and oxygen atoms in total. The van der Waals surface area contributed by atoms with Crippen molar-refractivity contribution in [3.05, 3.63) is 34.2 Å². The van der Waals surface area contributed by atoms with Crippen LogP contribution in [-0.2, 0) is 4.79 Å². The highest BCUT2D eigenvalue weighted by molar-refractivity contribution is 5.92. The molecule has 52 valence electrons. The number of rotatable bonds is 1. The van der Waals surface area contributed by atoms with Crippen molar-refractivity contribution in [1.29, 1.82) is 0 Å². The standard InChI is InChI=1S/C5H4N2O3/c8-5-2-1-4(6-5)3-7(9)10/h1-3H,(H,6,8). The molecule has 5 heteroatoms. The Morgan fingerprint density at radius 3 is 2.70 bits per heavy atom. The van der Waals surface area contributed by atoms with E-state index in [4.69, 9.17) is 0 Å². The SMILES string of the molecule is O=C1C=CC(=C[N+](=O)[O-])N1. The molecule has 0 aromatic rings. The second kappa shape index (κ2) is 2.30. The summed E-state index contributed by atoms with van der Waals surface area (Å²) in [6.07, 6.45) is 3.32. The molecule has 1 N–H and O–H groups in total. The van der Waals surface area contributed by atoms with Gasteiger partial charge in [-0.2, -0.15) is 0 Å². The molecule has 1 heterocycles. The van der Waals surface area contributed by atoms with Gasteiger partial charge in [-0.05, 0) is 6.08 Å². The van der Waals surface area contributed by atoms with Crippen molar-refractivity contribution >= 4 is 5.91 Å². The Morgan fingerprint density at radius 1 is 1.60 bits per heavy atom. The van der Waals surface area contributed by atoms with Crippen LogP contribution in [-0.4, -0.2) is 10.8 Å². The van der Waals surface area contributed by atoms with Gasteiger partial charge in [-0.25, -0.2) is 0 Å². The van der Waals surface area contributed by atoms with E-state index in [1.165, 1.54) is 12.2 Å². The Bertz CT molecular complexity index is 241. The molecule has 1 aliphatic heterocycles. The minimum Gasteiger partial charge on any atom is -0.317 e. The molecule has 1 aliphatic rings. The maximum absolute atomic E-state index is 10.4. The van der Waals surface area contributed by atoms with Crippen molar-refractivity contribution in [3.8, 4) is 0 Å². The minimum atomic E-state index is -0.620. The van der Waals surface area contributed by atoms with Gasteiger partial charge in [0.2, 0.25) is 5.91 Å². The van der Waals surface area contributed by atoms with Crippen molar-refractivity contribution in [2.24, 2.45) is 0 Å². The molecule has 1 amide bonds. The van der Waals surface area contributed by atoms with Crippen molar-refractivity contribution in [2.45, 2.75) is 0 Å². The highest BCUT2D eigenvalue weighted by atomic mass is 16.6. The van der Waals surface area contributed by atoms with Gasteiger partial charge < -0.3 is 5.32 Å². The molecule has 0 saturated heterocycles. The van der Waals surface area contributed by atoms with Crippen LogP contribution in [0.15, 0.2) is 24.0 Å². The first-order chi connectivity index (χ1) is 4.68. The third kappa shape index (κ3) is 1.41. The summed E-state index contributed by atoms with van der Waals surface area (Å²) in [7, 11) is 0. The quantitative estimate of drug-likeness (QED) is 0.404. The third-order valence-corrected chi connectivity index (χ3v) is 0.926. The van der Waals surface area contributed by atoms with Gasteiger partial charge in [-0.1, -0.05) is 0 Å². The summed E-state index contributed by atoms with van der Waals surface area (Å²) in [5, 5.41) is 12.1. The molecule has 0 radical (unpaired) electrons. The number of carbonyl (C=O) groups is 1. The summed E-state index contributed by atoms with van der Waals surface area (Å²) in [4.78, 5) is 19.6. The minimum absolute atomic E-state index is 0.218. The molecule has 0 spiro atoms. The summed E-state index contributed by atoms with van der Waals surface area (Å²) < 4.78 is 0. The lowest BCUT2D eigenvalue weighted by Gasteiger charge is -1.88. The zero-order valence-corrected chi connectivity index (χ0v) is 4.90. The predicted octanol–water partition coefficient (Wildman–Crippen LogP) is -0.210. The lowest BCUT2D eigenvalue weighted by Crippen LogP contribution is -2.13. The molecule has 1 rings (SSSR count). The zero-order chi connectivity index (χ0) is 7.56. The topological polar surface area (TPSA) is 72.2 Å². The summed E-state index contributed by atoms with van der Waals surface area (Å²) in [5.41, 5.74) is 0.218. The van der Waals surface area contributed by atoms with Crippen LogP contribution in [0.25, 0.3) is 0 Å². The molecule has 0 saturated carbocycles. The van der Waals surface area contributed by atoms with Crippen LogP contribution in [0.1, 0.15) is 0 Å². The lowest BCUT2D eigenvalue weighted by molar-refractivity contribution is -0.403. The average Bonchev–Trinajstić information content (AvgIpc) is 2.13. The largest absolute Gasteiger partial charge is 0.317 e. The Morgan fingerprint density at radius 2 is 2.30 bits per heavy atom. The fraction of sp³-hybridized carbons (Fsp3) is 0. The van der Waals surface area contributed by atoms with Gasteiger partial charge in [-0.15, -0.1) is 0 Å². The lowest BCUT2D eigenvalue weighted by atomic mass is 10.5. The fourth-order valence-corrected chi connectivity index (χ4v) is 0.580. The number of hydrogen-bond acceptors (Lipinski definition) is 3. The summed E-state index contributed by atoms with van der Waals surface area (Å²) in [5.74, 6) is -0.326. The Balaban J connectivity index is 2.70. The van der Waals surface area contributed by atoms with Crippen LogP contribution < -0.4 is 5.32 Å². The van der Waals surface area contributed by atoms with E-state index in [9.17, 15) is 14.9 Å². The van der Waals surface area contributed by atoms with E-state index in [0.29, 0.717) is 0 Å². The van der Waals surface area contributed by atoms with Gasteiger partial charge in [-0.3, -0.25) is 14.9 Å². The number of nitrogens with one attached hydrogen (secondary N) is 1.